The molecule has 326 valence electrons. The fourth-order valence-electron chi connectivity index (χ4n) is 11.3. The summed E-state index contributed by atoms with van der Waals surface area (Å²) in [4.78, 5) is 16.7. The molecule has 7 nitrogen and oxygen atoms in total. The van der Waals surface area contributed by atoms with Gasteiger partial charge >= 0.3 is 0 Å². The largest absolute Gasteiger partial charge is 0.309 e. The summed E-state index contributed by atoms with van der Waals surface area (Å²) < 4.78 is 9.31. The molecule has 5 aromatic heterocycles. The van der Waals surface area contributed by atoms with Crippen molar-refractivity contribution in [2.24, 2.45) is 0 Å². The molecule has 70 heavy (non-hydrogen) atoms. The van der Waals surface area contributed by atoms with Gasteiger partial charge in [0.25, 0.3) is 0 Å². The Morgan fingerprint density at radius 2 is 0.614 bits per heavy atom. The lowest BCUT2D eigenvalue weighted by molar-refractivity contribution is 0.894. The minimum atomic E-state index is 0.532. The zero-order valence-corrected chi connectivity index (χ0v) is 37.6. The van der Waals surface area contributed by atoms with Crippen molar-refractivity contribution in [3.05, 3.63) is 237 Å². The molecule has 0 aliphatic rings. The molecule has 0 fully saturated rings. The monoisotopic (exact) mass is 893 g/mol. The van der Waals surface area contributed by atoms with Crippen molar-refractivity contribution in [1.82, 2.24) is 33.2 Å². The predicted molar refractivity (Wildman–Crippen MR) is 288 cm³/mol. The Balaban J connectivity index is 1.07. The van der Waals surface area contributed by atoms with E-state index in [1.807, 2.05) is 0 Å². The number of hydrogen-bond acceptors (Lipinski definition) is 3. The Hall–Kier alpha value is -9.59. The van der Waals surface area contributed by atoms with Gasteiger partial charge in [-0.2, -0.15) is 15.0 Å². The lowest BCUT2D eigenvalue weighted by atomic mass is 10.0. The molecule has 5 heterocycles. The molecule has 0 aliphatic heterocycles. The second-order valence-electron chi connectivity index (χ2n) is 18.0. The lowest BCUT2D eigenvalue weighted by Gasteiger charge is -2.13. The number of rotatable bonds is 6. The summed E-state index contributed by atoms with van der Waals surface area (Å²) in [6.45, 7) is 0. The van der Waals surface area contributed by atoms with Crippen LogP contribution in [0.1, 0.15) is 0 Å². The summed E-state index contributed by atoms with van der Waals surface area (Å²) >= 11 is 0. The van der Waals surface area contributed by atoms with Gasteiger partial charge in [-0.1, -0.05) is 176 Å². The van der Waals surface area contributed by atoms with Gasteiger partial charge < -0.3 is 9.13 Å². The van der Waals surface area contributed by atoms with Crippen LogP contribution in [0.25, 0.3) is 133 Å². The van der Waals surface area contributed by atoms with E-state index in [1.165, 1.54) is 10.8 Å². The Bertz CT molecular complexity index is 4560. The highest BCUT2D eigenvalue weighted by atomic mass is 15.3. The maximum atomic E-state index is 5.65. The van der Waals surface area contributed by atoms with Crippen LogP contribution in [0.3, 0.4) is 0 Å². The maximum Gasteiger partial charge on any atom is 0.240 e. The van der Waals surface area contributed by atoms with Gasteiger partial charge in [-0.3, -0.25) is 9.13 Å². The Morgan fingerprint density at radius 1 is 0.229 bits per heavy atom. The normalized spacial score (nSPS) is 12.0. The van der Waals surface area contributed by atoms with Crippen LogP contribution in [0.2, 0.25) is 0 Å². The molecule has 0 saturated heterocycles. The summed E-state index contributed by atoms with van der Waals surface area (Å²) in [6.07, 6.45) is 0. The first kappa shape index (κ1) is 38.5. The molecule has 0 unspecified atom stereocenters. The fourth-order valence-corrected chi connectivity index (χ4v) is 11.3. The first-order valence-corrected chi connectivity index (χ1v) is 23.7. The van der Waals surface area contributed by atoms with Gasteiger partial charge in [0.15, 0.2) is 5.82 Å². The molecule has 0 radical (unpaired) electrons. The predicted octanol–water partition coefficient (Wildman–Crippen LogP) is 15.6. The van der Waals surface area contributed by atoms with Crippen molar-refractivity contribution in [2.45, 2.75) is 0 Å². The molecule has 0 saturated carbocycles. The van der Waals surface area contributed by atoms with Crippen molar-refractivity contribution in [1.29, 1.82) is 0 Å². The molecule has 0 bridgehead atoms. The first-order chi connectivity index (χ1) is 34.8. The van der Waals surface area contributed by atoms with Crippen LogP contribution in [0.4, 0.5) is 0 Å². The van der Waals surface area contributed by atoms with Crippen LogP contribution < -0.4 is 0 Å². The molecular weight excluding hydrogens is 855 g/mol. The molecular formula is C63H39N7. The summed E-state index contributed by atoms with van der Waals surface area (Å²) in [6, 6.07) is 84.2. The van der Waals surface area contributed by atoms with Gasteiger partial charge in [-0.15, -0.1) is 0 Å². The Labute approximate surface area is 401 Å². The second kappa shape index (κ2) is 15.0. The number of para-hydroxylation sites is 6. The van der Waals surface area contributed by atoms with Crippen LogP contribution >= 0.6 is 0 Å². The summed E-state index contributed by atoms with van der Waals surface area (Å²) in [5.74, 6) is 1.65. The van der Waals surface area contributed by atoms with Crippen LogP contribution in [0, 0.1) is 0 Å². The highest BCUT2D eigenvalue weighted by Gasteiger charge is 2.26. The third-order valence-electron chi connectivity index (χ3n) is 14.2. The second-order valence-corrected chi connectivity index (χ2v) is 18.0. The van der Waals surface area contributed by atoms with Crippen LogP contribution in [0.15, 0.2) is 237 Å². The van der Waals surface area contributed by atoms with Crippen molar-refractivity contribution < 1.29 is 0 Å². The minimum Gasteiger partial charge on any atom is -0.309 e. The number of fused-ring (bicyclic) bond motifs is 14. The van der Waals surface area contributed by atoms with E-state index in [1.54, 1.807) is 0 Å². The summed E-state index contributed by atoms with van der Waals surface area (Å²) in [7, 11) is 0. The van der Waals surface area contributed by atoms with Crippen molar-refractivity contribution in [3.8, 4) is 45.8 Å². The van der Waals surface area contributed by atoms with Gasteiger partial charge in [0, 0.05) is 60.0 Å². The van der Waals surface area contributed by atoms with Crippen LogP contribution in [-0.4, -0.2) is 33.2 Å². The summed E-state index contributed by atoms with van der Waals surface area (Å²) in [5, 5.41) is 9.19. The van der Waals surface area contributed by atoms with E-state index >= 15 is 0 Å². The van der Waals surface area contributed by atoms with Crippen molar-refractivity contribution >= 4 is 87.2 Å². The number of benzene rings is 10. The van der Waals surface area contributed by atoms with E-state index in [-0.39, 0.29) is 0 Å². The highest BCUT2D eigenvalue weighted by Crippen LogP contribution is 2.44. The third-order valence-corrected chi connectivity index (χ3v) is 14.2. The lowest BCUT2D eigenvalue weighted by Crippen LogP contribution is -2.10. The average Bonchev–Trinajstić information content (AvgIpc) is 4.16. The first-order valence-electron chi connectivity index (χ1n) is 23.7. The highest BCUT2D eigenvalue weighted by molar-refractivity contribution is 6.27. The number of hydrogen-bond donors (Lipinski definition) is 0. The Kier molecular flexibility index (Phi) is 8.23. The topological polar surface area (TPSA) is 58.4 Å². The Morgan fingerprint density at radius 3 is 1.19 bits per heavy atom. The van der Waals surface area contributed by atoms with Crippen LogP contribution in [0.5, 0.6) is 0 Å². The molecule has 0 spiro atoms. The molecule has 0 aliphatic carbocycles. The van der Waals surface area contributed by atoms with E-state index in [0.29, 0.717) is 17.7 Å². The molecule has 0 N–H and O–H groups in total. The van der Waals surface area contributed by atoms with E-state index in [9.17, 15) is 0 Å². The zero-order chi connectivity index (χ0) is 45.9. The molecule has 15 aromatic rings. The standard InChI is InChI=1S/C63H39N7/c1-4-18-40(19-5-1)41-32-34-42(35-33-41)61-64-62(69-54-31-17-13-27-50(54)58-56(69)39-37-47-45-24-10-14-28-51(45)68(59(47)58)44-22-8-3-9-23-44)66-63(65-61)70-52-29-15-11-25-46(52)48-36-38-55-57(60(48)70)49-26-12-16-30-53(49)67(55)43-20-6-2-7-21-43/h1-39H. The minimum absolute atomic E-state index is 0.532. The van der Waals surface area contributed by atoms with E-state index in [4.69, 9.17) is 15.0 Å². The van der Waals surface area contributed by atoms with Gasteiger partial charge in [0.2, 0.25) is 11.9 Å². The number of nitrogens with zero attached hydrogens (tertiary/aromatic N) is 7. The molecule has 0 amide bonds. The van der Waals surface area contributed by atoms with E-state index < -0.39 is 0 Å². The van der Waals surface area contributed by atoms with E-state index in [0.717, 1.165) is 105 Å². The summed E-state index contributed by atoms with van der Waals surface area (Å²) in [5.41, 5.74) is 14.0. The van der Waals surface area contributed by atoms with E-state index in [2.05, 4.69) is 255 Å². The fraction of sp³-hybridized carbons (Fsp3) is 0. The smallest absolute Gasteiger partial charge is 0.240 e. The molecule has 15 rings (SSSR count). The van der Waals surface area contributed by atoms with Crippen LogP contribution in [-0.2, 0) is 0 Å². The average molecular weight is 894 g/mol. The SMILES string of the molecule is c1ccc(-c2ccc(-c3nc(-n4c5ccccc5c5c4ccc4c6ccccc6n(-c6ccccc6)c45)nc(-n4c5ccccc5c5ccc6c(c7ccccc7n6-c6ccccc6)c54)n3)cc2)cc1. The van der Waals surface area contributed by atoms with Crippen molar-refractivity contribution in [3.63, 3.8) is 0 Å². The third kappa shape index (κ3) is 5.54. The maximum absolute atomic E-state index is 5.65. The molecule has 7 heteroatoms. The quantitative estimate of drug-likeness (QED) is 0.167. The van der Waals surface area contributed by atoms with Gasteiger partial charge in [-0.05, 0) is 71.8 Å². The molecule has 10 aromatic carbocycles. The number of aromatic nitrogens is 7. The zero-order valence-electron chi connectivity index (χ0n) is 37.6. The van der Waals surface area contributed by atoms with Gasteiger partial charge in [0.05, 0.1) is 44.1 Å². The van der Waals surface area contributed by atoms with Crippen molar-refractivity contribution in [2.75, 3.05) is 0 Å². The van der Waals surface area contributed by atoms with Gasteiger partial charge in [0.1, 0.15) is 0 Å². The molecule has 0 atom stereocenters. The van der Waals surface area contributed by atoms with Gasteiger partial charge in [-0.25, -0.2) is 0 Å².